The summed E-state index contributed by atoms with van der Waals surface area (Å²) in [5, 5.41) is 11.4. The zero-order chi connectivity index (χ0) is 21.6. The first-order chi connectivity index (χ1) is 13.6. The fraction of sp³-hybridized carbons (Fsp3) is 0.364. The number of ketones is 1. The number of hydrogen-bond donors (Lipinski definition) is 0. The normalized spacial score (nSPS) is 13.4. The summed E-state index contributed by atoms with van der Waals surface area (Å²) in [6.07, 6.45) is 0.202. The van der Waals surface area contributed by atoms with Crippen molar-refractivity contribution in [2.75, 3.05) is 6.54 Å². The summed E-state index contributed by atoms with van der Waals surface area (Å²) in [5.74, 6) is -3.40. The van der Waals surface area contributed by atoms with Crippen LogP contribution in [0.3, 0.4) is 0 Å². The van der Waals surface area contributed by atoms with E-state index in [0.717, 1.165) is 10.0 Å². The largest absolute Gasteiger partial charge is 0.454 e. The van der Waals surface area contributed by atoms with Crippen molar-refractivity contribution >= 4 is 27.7 Å². The summed E-state index contributed by atoms with van der Waals surface area (Å²) >= 11 is 3.35. The molecule has 0 aliphatic rings. The molecule has 6 nitrogen and oxygen atoms in total. The lowest BCUT2D eigenvalue weighted by Crippen LogP contribution is -2.37. The first kappa shape index (κ1) is 22.7. The van der Waals surface area contributed by atoms with Crippen molar-refractivity contribution in [3.63, 3.8) is 0 Å². The topological polar surface area (TPSA) is 86.5 Å². The zero-order valence-electron chi connectivity index (χ0n) is 16.6. The molecular formula is C22H24BrNO5. The zero-order valence-corrected chi connectivity index (χ0v) is 18.2. The van der Waals surface area contributed by atoms with Gasteiger partial charge < -0.3 is 4.74 Å². The number of carbonyl (C=O) groups excluding carboxylic acids is 2. The number of ether oxygens (including phenoxy) is 1. The van der Waals surface area contributed by atoms with Crippen LogP contribution in [0.1, 0.15) is 37.8 Å². The molecule has 29 heavy (non-hydrogen) atoms. The number of halogens is 1. The van der Waals surface area contributed by atoms with Crippen molar-refractivity contribution in [3.8, 4) is 0 Å². The van der Waals surface area contributed by atoms with Crippen molar-refractivity contribution in [3.05, 3.63) is 80.3 Å². The third-order valence-corrected chi connectivity index (χ3v) is 4.89. The minimum Gasteiger partial charge on any atom is -0.454 e. The Morgan fingerprint density at radius 1 is 1.07 bits per heavy atom. The summed E-state index contributed by atoms with van der Waals surface area (Å²) in [4.78, 5) is 36.5. The lowest BCUT2D eigenvalue weighted by atomic mass is 9.79. The van der Waals surface area contributed by atoms with Crippen molar-refractivity contribution in [2.45, 2.75) is 38.7 Å². The van der Waals surface area contributed by atoms with E-state index in [0.29, 0.717) is 5.56 Å². The Labute approximate surface area is 178 Å². The van der Waals surface area contributed by atoms with Crippen molar-refractivity contribution < 1.29 is 19.2 Å². The SMILES string of the molecule is CC(C)(C)OC(=O)C(=O)[C@H](Cc1ccccc1)[C@H](C[N+](=O)[O-])c1ccc(Br)cc1. The highest BCUT2D eigenvalue weighted by Gasteiger charge is 2.38. The number of hydrogen-bond acceptors (Lipinski definition) is 5. The highest BCUT2D eigenvalue weighted by Crippen LogP contribution is 2.31. The Morgan fingerprint density at radius 2 is 1.66 bits per heavy atom. The maximum atomic E-state index is 13.1. The third-order valence-electron chi connectivity index (χ3n) is 4.36. The number of Topliss-reactive ketones (excluding diaryl/α,β-unsaturated/α-hetero) is 1. The second-order valence-electron chi connectivity index (χ2n) is 7.84. The van der Waals surface area contributed by atoms with E-state index < -0.39 is 40.7 Å². The molecule has 0 amide bonds. The molecule has 2 aromatic carbocycles. The van der Waals surface area contributed by atoms with Gasteiger partial charge in [0.05, 0.1) is 5.92 Å². The molecule has 0 aliphatic carbocycles. The van der Waals surface area contributed by atoms with E-state index >= 15 is 0 Å². The van der Waals surface area contributed by atoms with Gasteiger partial charge in [0.2, 0.25) is 12.3 Å². The molecule has 7 heteroatoms. The van der Waals surface area contributed by atoms with E-state index in [-0.39, 0.29) is 6.42 Å². The molecule has 0 N–H and O–H groups in total. The van der Waals surface area contributed by atoms with Crippen LogP contribution in [-0.4, -0.2) is 28.8 Å². The van der Waals surface area contributed by atoms with Crippen LogP contribution in [-0.2, 0) is 20.7 Å². The van der Waals surface area contributed by atoms with Gasteiger partial charge in [0.1, 0.15) is 5.60 Å². The molecule has 0 spiro atoms. The second-order valence-corrected chi connectivity index (χ2v) is 8.75. The van der Waals surface area contributed by atoms with Crippen molar-refractivity contribution in [2.24, 2.45) is 5.92 Å². The fourth-order valence-corrected chi connectivity index (χ4v) is 3.37. The number of carbonyl (C=O) groups is 2. The minimum atomic E-state index is -0.969. The number of rotatable bonds is 8. The van der Waals surface area contributed by atoms with Crippen LogP contribution in [0.15, 0.2) is 59.1 Å². The Morgan fingerprint density at radius 3 is 2.17 bits per heavy atom. The first-order valence-corrected chi connectivity index (χ1v) is 10.0. The van der Waals surface area contributed by atoms with Crippen molar-refractivity contribution in [1.82, 2.24) is 0 Å². The molecule has 2 atom stereocenters. The van der Waals surface area contributed by atoms with Crippen LogP contribution in [0.2, 0.25) is 0 Å². The number of nitro groups is 1. The predicted octanol–water partition coefficient (Wildman–Crippen LogP) is 4.58. The molecule has 0 heterocycles. The molecule has 0 saturated carbocycles. The summed E-state index contributed by atoms with van der Waals surface area (Å²) < 4.78 is 6.08. The Balaban J connectivity index is 2.45. The lowest BCUT2D eigenvalue weighted by molar-refractivity contribution is -0.484. The average Bonchev–Trinajstić information content (AvgIpc) is 2.64. The van der Waals surface area contributed by atoms with Crippen molar-refractivity contribution in [1.29, 1.82) is 0 Å². The van der Waals surface area contributed by atoms with Crippen LogP contribution >= 0.6 is 15.9 Å². The molecule has 0 saturated heterocycles. The number of esters is 1. The fourth-order valence-electron chi connectivity index (χ4n) is 3.10. The van der Waals surface area contributed by atoms with Gasteiger partial charge in [-0.25, -0.2) is 4.79 Å². The second kappa shape index (κ2) is 9.78. The third kappa shape index (κ3) is 7.09. The number of benzene rings is 2. The van der Waals surface area contributed by atoms with Crippen LogP contribution in [0.4, 0.5) is 0 Å². The quantitative estimate of drug-likeness (QED) is 0.248. The minimum absolute atomic E-state index is 0.202. The van der Waals surface area contributed by atoms with Crippen LogP contribution in [0.5, 0.6) is 0 Å². The predicted molar refractivity (Wildman–Crippen MR) is 113 cm³/mol. The molecule has 0 unspecified atom stereocenters. The van der Waals surface area contributed by atoms with E-state index in [1.165, 1.54) is 0 Å². The summed E-state index contributed by atoms with van der Waals surface area (Å²) in [7, 11) is 0. The van der Waals surface area contributed by atoms with Gasteiger partial charge in [0.25, 0.3) is 0 Å². The molecule has 2 rings (SSSR count). The van der Waals surface area contributed by atoms with E-state index in [1.54, 1.807) is 45.0 Å². The Kier molecular flexibility index (Phi) is 7.67. The highest BCUT2D eigenvalue weighted by molar-refractivity contribution is 9.10. The van der Waals surface area contributed by atoms with Crippen LogP contribution in [0.25, 0.3) is 0 Å². The summed E-state index contributed by atoms with van der Waals surface area (Å²) in [5.41, 5.74) is 0.614. The van der Waals surface area contributed by atoms with E-state index in [1.807, 2.05) is 30.3 Å². The molecule has 0 bridgehead atoms. The van der Waals surface area contributed by atoms with Gasteiger partial charge in [-0.15, -0.1) is 0 Å². The van der Waals surface area contributed by atoms with E-state index in [2.05, 4.69) is 15.9 Å². The molecule has 0 aromatic heterocycles. The maximum Gasteiger partial charge on any atom is 0.375 e. The summed E-state index contributed by atoms with van der Waals surface area (Å²) in [6, 6.07) is 16.2. The monoisotopic (exact) mass is 461 g/mol. The van der Waals surface area contributed by atoms with Gasteiger partial charge in [0, 0.05) is 15.3 Å². The van der Waals surface area contributed by atoms with Gasteiger partial charge >= 0.3 is 5.97 Å². The van der Waals surface area contributed by atoms with Crippen LogP contribution < -0.4 is 0 Å². The maximum absolute atomic E-state index is 13.1. The van der Waals surface area contributed by atoms with Crippen LogP contribution in [0, 0.1) is 16.0 Å². The molecular weight excluding hydrogens is 438 g/mol. The molecule has 154 valence electrons. The van der Waals surface area contributed by atoms with Gasteiger partial charge in [-0.1, -0.05) is 58.4 Å². The highest BCUT2D eigenvalue weighted by atomic mass is 79.9. The Bertz CT molecular complexity index is 859. The average molecular weight is 462 g/mol. The van der Waals surface area contributed by atoms with Gasteiger partial charge in [0.15, 0.2) is 0 Å². The van der Waals surface area contributed by atoms with Gasteiger partial charge in [-0.3, -0.25) is 14.9 Å². The molecule has 0 fully saturated rings. The number of nitrogens with zero attached hydrogens (tertiary/aromatic N) is 1. The lowest BCUT2D eigenvalue weighted by Gasteiger charge is -2.25. The molecule has 0 aliphatic heterocycles. The standard InChI is InChI=1S/C22H24BrNO5/c1-22(2,3)29-21(26)20(25)18(13-15-7-5-4-6-8-15)19(14-24(27)28)16-9-11-17(23)12-10-16/h4-12,18-19H,13-14H2,1-3H3/t18-,19-/m1/s1. The van der Waals surface area contributed by atoms with Gasteiger partial charge in [-0.05, 0) is 50.5 Å². The van der Waals surface area contributed by atoms with E-state index in [9.17, 15) is 19.7 Å². The molecule has 0 radical (unpaired) electrons. The summed E-state index contributed by atoms with van der Waals surface area (Å²) in [6.45, 7) is 4.56. The van der Waals surface area contributed by atoms with Gasteiger partial charge in [-0.2, -0.15) is 0 Å². The molecule has 2 aromatic rings. The van der Waals surface area contributed by atoms with E-state index in [4.69, 9.17) is 4.74 Å². The first-order valence-electron chi connectivity index (χ1n) is 9.25. The smallest absolute Gasteiger partial charge is 0.375 e. The Hall–Kier alpha value is -2.54.